The van der Waals surface area contributed by atoms with Gasteiger partial charge in [0.2, 0.25) is 0 Å². The van der Waals surface area contributed by atoms with Crippen LogP contribution in [0.15, 0.2) is 53.2 Å². The molecule has 1 atom stereocenters. The second kappa shape index (κ2) is 8.21. The zero-order valence-electron chi connectivity index (χ0n) is 15.7. The first kappa shape index (κ1) is 18.2. The largest absolute Gasteiger partial charge is 0.496 e. The SMILES string of the molecule is COc1ccccc1Cc1cnc([C@H]2CCCN(C(=O)c3cccnn3)C2)o1. The van der Waals surface area contributed by atoms with Gasteiger partial charge in [0.25, 0.3) is 5.91 Å². The molecule has 0 saturated carbocycles. The highest BCUT2D eigenvalue weighted by Gasteiger charge is 2.29. The first-order valence-electron chi connectivity index (χ1n) is 9.38. The first-order valence-corrected chi connectivity index (χ1v) is 9.38. The van der Waals surface area contributed by atoms with Crippen molar-refractivity contribution in [3.8, 4) is 5.75 Å². The molecule has 144 valence electrons. The average Bonchev–Trinajstić information content (AvgIpc) is 3.23. The molecule has 0 N–H and O–H groups in total. The highest BCUT2D eigenvalue weighted by atomic mass is 16.5. The van der Waals surface area contributed by atoms with Crippen molar-refractivity contribution < 1.29 is 13.9 Å². The van der Waals surface area contributed by atoms with Gasteiger partial charge < -0.3 is 14.1 Å². The minimum Gasteiger partial charge on any atom is -0.496 e. The fourth-order valence-corrected chi connectivity index (χ4v) is 3.57. The van der Waals surface area contributed by atoms with Gasteiger partial charge in [-0.15, -0.1) is 5.10 Å². The van der Waals surface area contributed by atoms with Crippen LogP contribution in [0.1, 0.15) is 46.5 Å². The Morgan fingerprint density at radius 3 is 3.00 bits per heavy atom. The van der Waals surface area contributed by atoms with Gasteiger partial charge in [-0.25, -0.2) is 4.98 Å². The molecule has 3 aromatic rings. The highest BCUT2D eigenvalue weighted by molar-refractivity contribution is 5.92. The Kier molecular flexibility index (Phi) is 5.32. The third-order valence-electron chi connectivity index (χ3n) is 4.98. The lowest BCUT2D eigenvalue weighted by Gasteiger charge is -2.30. The number of oxazole rings is 1. The maximum absolute atomic E-state index is 12.7. The molecule has 1 amide bonds. The molecule has 0 unspecified atom stereocenters. The molecule has 7 heteroatoms. The predicted molar refractivity (Wildman–Crippen MR) is 102 cm³/mol. The molecule has 0 radical (unpaired) electrons. The van der Waals surface area contributed by atoms with Crippen LogP contribution >= 0.6 is 0 Å². The molecule has 3 heterocycles. The number of carbonyl (C=O) groups is 1. The summed E-state index contributed by atoms with van der Waals surface area (Å²) in [5, 5.41) is 7.72. The van der Waals surface area contributed by atoms with Crippen molar-refractivity contribution in [1.29, 1.82) is 0 Å². The summed E-state index contributed by atoms with van der Waals surface area (Å²) in [6.07, 6.45) is 5.79. The highest BCUT2D eigenvalue weighted by Crippen LogP contribution is 2.29. The molecule has 1 aliphatic rings. The number of ether oxygens (including phenoxy) is 1. The molecule has 1 aromatic carbocycles. The second-order valence-electron chi connectivity index (χ2n) is 6.85. The third kappa shape index (κ3) is 3.88. The number of hydrogen-bond donors (Lipinski definition) is 0. The van der Waals surface area contributed by atoms with Gasteiger partial charge in [0.1, 0.15) is 11.5 Å². The second-order valence-corrected chi connectivity index (χ2v) is 6.85. The number of rotatable bonds is 5. The van der Waals surface area contributed by atoms with Gasteiger partial charge in [-0.05, 0) is 31.0 Å². The van der Waals surface area contributed by atoms with Gasteiger partial charge in [-0.1, -0.05) is 18.2 Å². The number of para-hydroxylation sites is 1. The van der Waals surface area contributed by atoms with Gasteiger partial charge >= 0.3 is 0 Å². The summed E-state index contributed by atoms with van der Waals surface area (Å²) in [5.41, 5.74) is 1.42. The van der Waals surface area contributed by atoms with Crippen molar-refractivity contribution in [3.05, 3.63) is 71.7 Å². The zero-order chi connectivity index (χ0) is 19.3. The molecule has 2 aromatic heterocycles. The van der Waals surface area contributed by atoms with Crippen molar-refractivity contribution >= 4 is 5.91 Å². The molecule has 1 aliphatic heterocycles. The molecule has 1 saturated heterocycles. The molecule has 0 spiro atoms. The van der Waals surface area contributed by atoms with E-state index in [0.717, 1.165) is 29.9 Å². The lowest BCUT2D eigenvalue weighted by Crippen LogP contribution is -2.39. The number of piperidine rings is 1. The zero-order valence-corrected chi connectivity index (χ0v) is 15.7. The molecule has 28 heavy (non-hydrogen) atoms. The number of hydrogen-bond acceptors (Lipinski definition) is 6. The minimum absolute atomic E-state index is 0.0841. The summed E-state index contributed by atoms with van der Waals surface area (Å²) in [6, 6.07) is 11.3. The fraction of sp³-hybridized carbons (Fsp3) is 0.333. The third-order valence-corrected chi connectivity index (χ3v) is 4.98. The van der Waals surface area contributed by atoms with Crippen LogP contribution < -0.4 is 4.74 Å². The molecular formula is C21H22N4O3. The predicted octanol–water partition coefficient (Wildman–Crippen LogP) is 3.08. The Morgan fingerprint density at radius 1 is 1.29 bits per heavy atom. The minimum atomic E-state index is -0.0985. The van der Waals surface area contributed by atoms with Crippen molar-refractivity contribution in [3.63, 3.8) is 0 Å². The lowest BCUT2D eigenvalue weighted by molar-refractivity contribution is 0.0690. The van der Waals surface area contributed by atoms with Crippen LogP contribution in [0, 0.1) is 0 Å². The first-order chi connectivity index (χ1) is 13.7. The van der Waals surface area contributed by atoms with E-state index >= 15 is 0 Å². The van der Waals surface area contributed by atoms with Gasteiger partial charge in [0.15, 0.2) is 11.6 Å². The van der Waals surface area contributed by atoms with Crippen LogP contribution in [0.3, 0.4) is 0 Å². The number of carbonyl (C=O) groups excluding carboxylic acids is 1. The van der Waals surface area contributed by atoms with Gasteiger partial charge in [0, 0.05) is 31.3 Å². The Bertz CT molecular complexity index is 942. The standard InChI is InChI=1S/C21H22N4O3/c1-27-19-9-3-2-6-15(19)12-17-13-22-20(28-17)16-7-5-11-25(14-16)21(26)18-8-4-10-23-24-18/h2-4,6,8-10,13,16H,5,7,11-12,14H2,1H3/t16-/m0/s1. The van der Waals surface area contributed by atoms with Gasteiger partial charge in [-0.2, -0.15) is 5.10 Å². The summed E-state index contributed by atoms with van der Waals surface area (Å²) in [7, 11) is 1.66. The van der Waals surface area contributed by atoms with E-state index in [1.807, 2.05) is 29.2 Å². The molecule has 4 rings (SSSR count). The number of nitrogens with zero attached hydrogens (tertiary/aromatic N) is 4. The Labute approximate surface area is 163 Å². The fourth-order valence-electron chi connectivity index (χ4n) is 3.57. The van der Waals surface area contributed by atoms with Gasteiger partial charge in [0.05, 0.1) is 19.2 Å². The van der Waals surface area contributed by atoms with Crippen LogP contribution in [0.5, 0.6) is 5.75 Å². The summed E-state index contributed by atoms with van der Waals surface area (Å²) in [4.78, 5) is 18.9. The molecule has 1 fully saturated rings. The van der Waals surface area contributed by atoms with E-state index < -0.39 is 0 Å². The summed E-state index contributed by atoms with van der Waals surface area (Å²) >= 11 is 0. The van der Waals surface area contributed by atoms with Crippen molar-refractivity contribution in [2.75, 3.05) is 20.2 Å². The Balaban J connectivity index is 1.45. The summed E-state index contributed by atoms with van der Waals surface area (Å²) in [6.45, 7) is 1.28. The van der Waals surface area contributed by atoms with E-state index in [1.165, 1.54) is 0 Å². The molecule has 0 bridgehead atoms. The topological polar surface area (TPSA) is 81.4 Å². The summed E-state index contributed by atoms with van der Waals surface area (Å²) < 4.78 is 11.4. The molecule has 0 aliphatic carbocycles. The molecular weight excluding hydrogens is 356 g/mol. The van der Waals surface area contributed by atoms with Crippen molar-refractivity contribution in [2.45, 2.75) is 25.2 Å². The van der Waals surface area contributed by atoms with Crippen LogP contribution in [0.4, 0.5) is 0 Å². The van der Waals surface area contributed by atoms with E-state index in [4.69, 9.17) is 9.15 Å². The maximum atomic E-state index is 12.7. The maximum Gasteiger partial charge on any atom is 0.274 e. The number of methoxy groups -OCH3 is 1. The lowest BCUT2D eigenvalue weighted by atomic mass is 9.97. The average molecular weight is 378 g/mol. The number of benzene rings is 1. The number of aromatic nitrogens is 3. The number of likely N-dealkylation sites (tertiary alicyclic amines) is 1. The molecule has 7 nitrogen and oxygen atoms in total. The van der Waals surface area contributed by atoms with Crippen LogP contribution in [0.25, 0.3) is 0 Å². The number of amides is 1. The summed E-state index contributed by atoms with van der Waals surface area (Å²) in [5.74, 6) is 2.29. The quantitative estimate of drug-likeness (QED) is 0.679. The van der Waals surface area contributed by atoms with Crippen molar-refractivity contribution in [1.82, 2.24) is 20.1 Å². The Morgan fingerprint density at radius 2 is 2.18 bits per heavy atom. The van der Waals surface area contributed by atoms with E-state index in [2.05, 4.69) is 15.2 Å². The Hall–Kier alpha value is -3.22. The van der Waals surface area contributed by atoms with E-state index in [9.17, 15) is 4.79 Å². The van der Waals surface area contributed by atoms with Crippen LogP contribution in [-0.2, 0) is 6.42 Å². The van der Waals surface area contributed by atoms with Crippen LogP contribution in [0.2, 0.25) is 0 Å². The van der Waals surface area contributed by atoms with Gasteiger partial charge in [-0.3, -0.25) is 4.79 Å². The van der Waals surface area contributed by atoms with Crippen molar-refractivity contribution in [2.24, 2.45) is 0 Å². The monoisotopic (exact) mass is 378 g/mol. The van der Waals surface area contributed by atoms with E-state index in [-0.39, 0.29) is 11.8 Å². The van der Waals surface area contributed by atoms with Crippen LogP contribution in [-0.4, -0.2) is 46.2 Å². The normalized spacial score (nSPS) is 16.8. The van der Waals surface area contributed by atoms with E-state index in [1.54, 1.807) is 31.6 Å². The van der Waals surface area contributed by atoms with E-state index in [0.29, 0.717) is 31.1 Å². The smallest absolute Gasteiger partial charge is 0.274 e.